The molecule has 2 aliphatic heterocycles. The molecular weight excluding hydrogens is 378 g/mol. The van der Waals surface area contributed by atoms with E-state index < -0.39 is 0 Å². The van der Waals surface area contributed by atoms with Crippen LogP contribution in [0.3, 0.4) is 0 Å². The monoisotopic (exact) mass is 399 g/mol. The lowest BCUT2D eigenvalue weighted by molar-refractivity contribution is -0.125. The molecule has 28 heavy (non-hydrogen) atoms. The Morgan fingerprint density at radius 2 is 1.71 bits per heavy atom. The first-order valence-electron chi connectivity index (χ1n) is 9.11. The van der Waals surface area contributed by atoms with Crippen LogP contribution in [0.5, 0.6) is 0 Å². The first-order chi connectivity index (χ1) is 13.1. The van der Waals surface area contributed by atoms with Gasteiger partial charge in [-0.1, -0.05) is 30.3 Å². The second-order valence-electron chi connectivity index (χ2n) is 7.10. The Hall–Kier alpha value is -2.70. The van der Waals surface area contributed by atoms with Crippen LogP contribution in [0, 0.1) is 5.92 Å². The Morgan fingerprint density at radius 3 is 2.43 bits per heavy atom. The third-order valence-electron chi connectivity index (χ3n) is 5.12. The number of nitrogens with one attached hydrogen (secondary N) is 3. The van der Waals surface area contributed by atoms with Gasteiger partial charge in [-0.25, -0.2) is 0 Å². The number of imide groups is 1. The van der Waals surface area contributed by atoms with Crippen molar-refractivity contribution >= 4 is 30.1 Å². The Labute approximate surface area is 169 Å². The molecule has 0 radical (unpaired) electrons. The zero-order chi connectivity index (χ0) is 18.8. The molecule has 0 aromatic heterocycles. The molecule has 1 fully saturated rings. The molecule has 1 atom stereocenters. The molecule has 2 aromatic carbocycles. The van der Waals surface area contributed by atoms with E-state index in [1.165, 1.54) is 11.1 Å². The number of halogens is 1. The molecule has 0 saturated carbocycles. The molecule has 2 heterocycles. The summed E-state index contributed by atoms with van der Waals surface area (Å²) in [6.45, 7) is 2.27. The van der Waals surface area contributed by atoms with Crippen LogP contribution in [0.1, 0.15) is 39.0 Å². The molecule has 1 unspecified atom stereocenters. The number of fused-ring (bicyclic) bond motifs is 1. The summed E-state index contributed by atoms with van der Waals surface area (Å²) in [5.74, 6) is -0.880. The molecule has 0 bridgehead atoms. The van der Waals surface area contributed by atoms with Gasteiger partial charge in [-0.15, -0.1) is 12.4 Å². The first kappa shape index (κ1) is 20.0. The molecule has 2 aliphatic rings. The summed E-state index contributed by atoms with van der Waals surface area (Å²) in [6.07, 6.45) is 0.736. The summed E-state index contributed by atoms with van der Waals surface area (Å²) in [4.78, 5) is 35.3. The quantitative estimate of drug-likeness (QED) is 0.669. The maximum absolute atomic E-state index is 12.4. The third kappa shape index (κ3) is 4.40. The minimum Gasteiger partial charge on any atom is -0.348 e. The van der Waals surface area contributed by atoms with Crippen molar-refractivity contribution < 1.29 is 14.4 Å². The summed E-state index contributed by atoms with van der Waals surface area (Å²) in [5, 5.41) is 8.57. The van der Waals surface area contributed by atoms with Gasteiger partial charge in [0.2, 0.25) is 11.8 Å². The number of hydrogen-bond acceptors (Lipinski definition) is 4. The van der Waals surface area contributed by atoms with Crippen LogP contribution in [0.15, 0.2) is 42.5 Å². The number of rotatable bonds is 5. The van der Waals surface area contributed by atoms with Crippen LogP contribution in [-0.4, -0.2) is 17.7 Å². The third-order valence-corrected chi connectivity index (χ3v) is 5.12. The van der Waals surface area contributed by atoms with E-state index in [0.717, 1.165) is 24.2 Å². The molecule has 0 spiro atoms. The molecule has 146 valence electrons. The SMILES string of the molecule is Cl.O=C1CC(Cc2ccc(C(=O)NCc3ccc4c(c3)CNC4)cc2)C(=O)N1. The van der Waals surface area contributed by atoms with E-state index in [9.17, 15) is 14.4 Å². The van der Waals surface area contributed by atoms with Gasteiger partial charge in [-0.3, -0.25) is 19.7 Å². The topological polar surface area (TPSA) is 87.3 Å². The van der Waals surface area contributed by atoms with E-state index >= 15 is 0 Å². The smallest absolute Gasteiger partial charge is 0.251 e. The highest BCUT2D eigenvalue weighted by atomic mass is 35.5. The minimum absolute atomic E-state index is 0. The second-order valence-corrected chi connectivity index (χ2v) is 7.10. The zero-order valence-corrected chi connectivity index (χ0v) is 16.1. The van der Waals surface area contributed by atoms with Crippen molar-refractivity contribution in [3.8, 4) is 0 Å². The number of carbonyl (C=O) groups is 3. The van der Waals surface area contributed by atoms with Gasteiger partial charge in [0, 0.05) is 31.6 Å². The van der Waals surface area contributed by atoms with E-state index in [4.69, 9.17) is 0 Å². The summed E-state index contributed by atoms with van der Waals surface area (Å²) in [5.41, 5.74) is 5.21. The van der Waals surface area contributed by atoms with E-state index in [0.29, 0.717) is 18.5 Å². The van der Waals surface area contributed by atoms with Crippen LogP contribution in [0.2, 0.25) is 0 Å². The van der Waals surface area contributed by atoms with Gasteiger partial charge in [0.05, 0.1) is 5.92 Å². The average molecular weight is 400 g/mol. The van der Waals surface area contributed by atoms with Crippen LogP contribution in [0.4, 0.5) is 0 Å². The number of carbonyl (C=O) groups excluding carboxylic acids is 3. The Balaban J connectivity index is 0.00000225. The van der Waals surface area contributed by atoms with Gasteiger partial charge in [-0.05, 0) is 40.8 Å². The van der Waals surface area contributed by atoms with Crippen molar-refractivity contribution in [1.82, 2.24) is 16.0 Å². The summed E-state index contributed by atoms with van der Waals surface area (Å²) < 4.78 is 0. The highest BCUT2D eigenvalue weighted by Gasteiger charge is 2.30. The number of amides is 3. The van der Waals surface area contributed by atoms with Gasteiger partial charge in [0.25, 0.3) is 5.91 Å². The average Bonchev–Trinajstić information content (AvgIpc) is 3.25. The fourth-order valence-electron chi connectivity index (χ4n) is 3.59. The molecule has 3 amide bonds. The van der Waals surface area contributed by atoms with E-state index in [1.54, 1.807) is 12.1 Å². The Bertz CT molecular complexity index is 912. The molecule has 2 aromatic rings. The maximum Gasteiger partial charge on any atom is 0.251 e. The van der Waals surface area contributed by atoms with E-state index in [2.05, 4.69) is 28.1 Å². The Morgan fingerprint density at radius 1 is 1.00 bits per heavy atom. The van der Waals surface area contributed by atoms with Gasteiger partial charge in [0.1, 0.15) is 0 Å². The van der Waals surface area contributed by atoms with Crippen molar-refractivity contribution in [2.24, 2.45) is 5.92 Å². The van der Waals surface area contributed by atoms with E-state index in [1.807, 2.05) is 18.2 Å². The summed E-state index contributed by atoms with van der Waals surface area (Å²) in [6, 6.07) is 13.5. The molecule has 7 heteroatoms. The van der Waals surface area contributed by atoms with Crippen LogP contribution in [-0.2, 0) is 35.6 Å². The van der Waals surface area contributed by atoms with Crippen LogP contribution < -0.4 is 16.0 Å². The first-order valence-corrected chi connectivity index (χ1v) is 9.11. The lowest BCUT2D eigenvalue weighted by Crippen LogP contribution is -2.23. The van der Waals surface area contributed by atoms with E-state index in [-0.39, 0.29) is 42.5 Å². The standard InChI is InChI=1S/C21H21N3O3.ClH/c25-19-9-17(21(27)24-19)7-13-1-4-15(5-2-13)20(26)23-10-14-3-6-16-11-22-12-18(16)8-14;/h1-6,8,17,22H,7,9-12H2,(H,23,26)(H,24,25,27);1H. The van der Waals surface area contributed by atoms with Gasteiger partial charge < -0.3 is 10.6 Å². The molecule has 3 N–H and O–H groups in total. The zero-order valence-electron chi connectivity index (χ0n) is 15.3. The Kier molecular flexibility index (Phi) is 6.11. The van der Waals surface area contributed by atoms with Crippen molar-refractivity contribution in [3.63, 3.8) is 0 Å². The molecule has 6 nitrogen and oxygen atoms in total. The number of benzene rings is 2. The largest absolute Gasteiger partial charge is 0.348 e. The fourth-order valence-corrected chi connectivity index (χ4v) is 3.59. The highest BCUT2D eigenvalue weighted by Crippen LogP contribution is 2.19. The lowest BCUT2D eigenvalue weighted by atomic mass is 9.97. The van der Waals surface area contributed by atoms with Gasteiger partial charge in [-0.2, -0.15) is 0 Å². The molecule has 1 saturated heterocycles. The van der Waals surface area contributed by atoms with Gasteiger partial charge in [0.15, 0.2) is 0 Å². The predicted molar refractivity (Wildman–Crippen MR) is 107 cm³/mol. The van der Waals surface area contributed by atoms with Crippen LogP contribution in [0.25, 0.3) is 0 Å². The molecular formula is C21H22ClN3O3. The fraction of sp³-hybridized carbons (Fsp3) is 0.286. The predicted octanol–water partition coefficient (Wildman–Crippen LogP) is 1.85. The van der Waals surface area contributed by atoms with Gasteiger partial charge >= 0.3 is 0 Å². The van der Waals surface area contributed by atoms with Crippen molar-refractivity contribution in [1.29, 1.82) is 0 Å². The van der Waals surface area contributed by atoms with Crippen molar-refractivity contribution in [2.75, 3.05) is 0 Å². The highest BCUT2D eigenvalue weighted by molar-refractivity contribution is 6.03. The normalized spacial score (nSPS) is 17.6. The van der Waals surface area contributed by atoms with Crippen molar-refractivity contribution in [2.45, 2.75) is 32.5 Å². The summed E-state index contributed by atoms with van der Waals surface area (Å²) in [7, 11) is 0. The molecule has 4 rings (SSSR count). The maximum atomic E-state index is 12.4. The van der Waals surface area contributed by atoms with Crippen molar-refractivity contribution in [3.05, 3.63) is 70.3 Å². The molecule has 0 aliphatic carbocycles. The minimum atomic E-state index is -0.313. The lowest BCUT2D eigenvalue weighted by Gasteiger charge is -2.09. The summed E-state index contributed by atoms with van der Waals surface area (Å²) >= 11 is 0. The van der Waals surface area contributed by atoms with Crippen LogP contribution >= 0.6 is 12.4 Å². The second kappa shape index (κ2) is 8.54. The number of hydrogen-bond donors (Lipinski definition) is 3.